The number of ether oxygens (including phenoxy) is 1. The van der Waals surface area contributed by atoms with Crippen LogP contribution in [0.4, 0.5) is 10.6 Å². The second kappa shape index (κ2) is 2.37. The summed E-state index contributed by atoms with van der Waals surface area (Å²) in [5.41, 5.74) is 0.564. The maximum Gasteiger partial charge on any atom is 0.420 e. The van der Waals surface area contributed by atoms with E-state index < -0.39 is 6.09 Å². The van der Waals surface area contributed by atoms with E-state index in [1.165, 1.54) is 11.2 Å². The summed E-state index contributed by atoms with van der Waals surface area (Å²) in [4.78, 5) is 12.3. The smallest absolute Gasteiger partial charge is 0.420 e. The maximum absolute atomic E-state index is 11.0. The van der Waals surface area contributed by atoms with Crippen LogP contribution in [0, 0.1) is 0 Å². The van der Waals surface area contributed by atoms with Crippen molar-refractivity contribution in [2.75, 3.05) is 11.5 Å². The number of nitrogens with zero attached hydrogens (tertiary/aromatic N) is 2. The van der Waals surface area contributed by atoms with Crippen molar-refractivity contribution in [2.45, 2.75) is 0 Å². The van der Waals surface area contributed by atoms with Gasteiger partial charge in [0.2, 0.25) is 0 Å². The maximum atomic E-state index is 11.0. The second-order valence-electron chi connectivity index (χ2n) is 2.31. The van der Waals surface area contributed by atoms with E-state index in [0.29, 0.717) is 11.5 Å². The number of carbonyl (C=O) groups excluding carboxylic acids is 1. The van der Waals surface area contributed by atoms with Crippen LogP contribution < -0.4 is 4.90 Å². The lowest BCUT2D eigenvalue weighted by molar-refractivity contribution is 0.182. The number of aromatic nitrogens is 1. The van der Waals surface area contributed by atoms with Crippen molar-refractivity contribution in [1.29, 1.82) is 0 Å². The summed E-state index contributed by atoms with van der Waals surface area (Å²) in [6.07, 6.45) is 0.919. The number of hydrogen-bond acceptors (Lipinski definition) is 4. The van der Waals surface area contributed by atoms with Crippen LogP contribution in [0.3, 0.4) is 0 Å². The normalized spacial score (nSPS) is 16.8. The Hall–Kier alpha value is -1.78. The predicted octanol–water partition coefficient (Wildman–Crippen LogP) is 1.14. The van der Waals surface area contributed by atoms with Gasteiger partial charge in [0.05, 0.1) is 5.70 Å². The van der Waals surface area contributed by atoms with E-state index in [4.69, 9.17) is 4.74 Å². The van der Waals surface area contributed by atoms with E-state index in [1.807, 2.05) is 0 Å². The van der Waals surface area contributed by atoms with Gasteiger partial charge < -0.3 is 9.26 Å². The third-order valence-corrected chi connectivity index (χ3v) is 1.51. The monoisotopic (exact) mass is 166 g/mol. The fourth-order valence-corrected chi connectivity index (χ4v) is 0.980. The highest BCUT2D eigenvalue weighted by Gasteiger charge is 2.29. The van der Waals surface area contributed by atoms with Crippen molar-refractivity contribution in [3.63, 3.8) is 0 Å². The summed E-state index contributed by atoms with van der Waals surface area (Å²) in [6, 6.07) is 1.57. The minimum absolute atomic E-state index is 0.214. The van der Waals surface area contributed by atoms with Crippen molar-refractivity contribution < 1.29 is 14.1 Å². The molecule has 62 valence electrons. The molecule has 1 fully saturated rings. The first-order valence-electron chi connectivity index (χ1n) is 3.34. The largest absolute Gasteiger partial charge is 0.442 e. The van der Waals surface area contributed by atoms with Gasteiger partial charge in [0.15, 0.2) is 5.82 Å². The summed E-state index contributed by atoms with van der Waals surface area (Å²) in [7, 11) is 0. The van der Waals surface area contributed by atoms with Gasteiger partial charge in [-0.25, -0.2) is 9.69 Å². The van der Waals surface area contributed by atoms with Crippen molar-refractivity contribution in [3.8, 4) is 0 Å². The van der Waals surface area contributed by atoms with Gasteiger partial charge in [-0.15, -0.1) is 0 Å². The average Bonchev–Trinajstić information content (AvgIpc) is 2.61. The Morgan fingerprint density at radius 1 is 1.67 bits per heavy atom. The Bertz CT molecular complexity index is 301. The molecule has 1 saturated heterocycles. The number of anilines is 1. The van der Waals surface area contributed by atoms with E-state index >= 15 is 0 Å². The standard InChI is InChI=1S/C7H6N2O3/c1-5-4-11-7(10)9(5)6-2-3-12-8-6/h2-3H,1,4H2. The molecule has 0 saturated carbocycles. The van der Waals surface area contributed by atoms with Crippen LogP contribution in [-0.4, -0.2) is 17.9 Å². The predicted molar refractivity (Wildman–Crippen MR) is 39.5 cm³/mol. The fraction of sp³-hybridized carbons (Fsp3) is 0.143. The molecule has 5 heteroatoms. The highest BCUT2D eigenvalue weighted by Crippen LogP contribution is 2.21. The van der Waals surface area contributed by atoms with Gasteiger partial charge in [-0.2, -0.15) is 0 Å². The lowest BCUT2D eigenvalue weighted by Gasteiger charge is -2.07. The highest BCUT2D eigenvalue weighted by molar-refractivity contribution is 5.92. The molecule has 5 nitrogen and oxygen atoms in total. The molecule has 0 spiro atoms. The summed E-state index contributed by atoms with van der Waals surface area (Å²) in [5.74, 6) is 0.405. The molecule has 0 N–H and O–H groups in total. The Balaban J connectivity index is 2.34. The first-order chi connectivity index (χ1) is 5.79. The van der Waals surface area contributed by atoms with Crippen LogP contribution in [0.1, 0.15) is 0 Å². The number of amides is 1. The lowest BCUT2D eigenvalue weighted by Crippen LogP contribution is -2.21. The van der Waals surface area contributed by atoms with Gasteiger partial charge in [-0.1, -0.05) is 11.7 Å². The number of carbonyl (C=O) groups is 1. The molecule has 0 radical (unpaired) electrons. The van der Waals surface area contributed by atoms with E-state index in [1.54, 1.807) is 6.07 Å². The Morgan fingerprint density at radius 3 is 3.00 bits per heavy atom. The van der Waals surface area contributed by atoms with Crippen molar-refractivity contribution in [2.24, 2.45) is 0 Å². The molecule has 2 heterocycles. The molecule has 1 amide bonds. The molecular formula is C7H6N2O3. The Morgan fingerprint density at radius 2 is 2.50 bits per heavy atom. The van der Waals surface area contributed by atoms with Gasteiger partial charge in [0, 0.05) is 6.07 Å². The zero-order valence-corrected chi connectivity index (χ0v) is 6.19. The molecule has 0 unspecified atom stereocenters. The molecule has 12 heavy (non-hydrogen) atoms. The molecular weight excluding hydrogens is 160 g/mol. The van der Waals surface area contributed by atoms with Crippen molar-refractivity contribution in [1.82, 2.24) is 5.16 Å². The van der Waals surface area contributed by atoms with E-state index in [9.17, 15) is 4.79 Å². The molecule has 1 aliphatic heterocycles. The summed E-state index contributed by atoms with van der Waals surface area (Å²) >= 11 is 0. The van der Waals surface area contributed by atoms with Gasteiger partial charge >= 0.3 is 6.09 Å². The minimum atomic E-state index is -0.464. The molecule has 0 atom stereocenters. The van der Waals surface area contributed by atoms with Crippen LogP contribution in [0.15, 0.2) is 29.1 Å². The van der Waals surface area contributed by atoms with Crippen LogP contribution in [0.2, 0.25) is 0 Å². The number of rotatable bonds is 1. The van der Waals surface area contributed by atoms with Gasteiger partial charge in [-0.05, 0) is 0 Å². The van der Waals surface area contributed by atoms with Gasteiger partial charge in [0.1, 0.15) is 12.9 Å². The third kappa shape index (κ3) is 0.868. The summed E-state index contributed by atoms with van der Waals surface area (Å²) < 4.78 is 9.29. The van der Waals surface area contributed by atoms with Gasteiger partial charge in [0.25, 0.3) is 0 Å². The first kappa shape index (κ1) is 6.90. The zero-order valence-electron chi connectivity index (χ0n) is 6.19. The lowest BCUT2D eigenvalue weighted by atomic mass is 10.4. The molecule has 1 aromatic rings. The fourth-order valence-electron chi connectivity index (χ4n) is 0.980. The summed E-state index contributed by atoms with van der Waals surface area (Å²) in [5, 5.41) is 3.59. The average molecular weight is 166 g/mol. The van der Waals surface area contributed by atoms with E-state index in [-0.39, 0.29) is 6.61 Å². The number of hydrogen-bond donors (Lipinski definition) is 0. The third-order valence-electron chi connectivity index (χ3n) is 1.51. The topological polar surface area (TPSA) is 55.6 Å². The van der Waals surface area contributed by atoms with E-state index in [0.717, 1.165) is 0 Å². The first-order valence-corrected chi connectivity index (χ1v) is 3.34. The minimum Gasteiger partial charge on any atom is -0.442 e. The quantitative estimate of drug-likeness (QED) is 0.627. The molecule has 1 aliphatic rings. The van der Waals surface area contributed by atoms with Crippen LogP contribution in [-0.2, 0) is 4.74 Å². The molecule has 0 aromatic carbocycles. The van der Waals surface area contributed by atoms with E-state index in [2.05, 4.69) is 16.3 Å². The van der Waals surface area contributed by atoms with Crippen molar-refractivity contribution in [3.05, 3.63) is 24.6 Å². The molecule has 0 aliphatic carbocycles. The summed E-state index contributed by atoms with van der Waals surface area (Å²) in [6.45, 7) is 3.85. The highest BCUT2D eigenvalue weighted by atomic mass is 16.6. The Kier molecular flexibility index (Phi) is 1.36. The molecule has 1 aromatic heterocycles. The zero-order chi connectivity index (χ0) is 8.55. The molecule has 2 rings (SSSR count). The van der Waals surface area contributed by atoms with Crippen molar-refractivity contribution >= 4 is 11.9 Å². The number of cyclic esters (lactones) is 1. The van der Waals surface area contributed by atoms with Gasteiger partial charge in [-0.3, -0.25) is 0 Å². The second-order valence-corrected chi connectivity index (χ2v) is 2.31. The Labute approximate surface area is 68.2 Å². The molecule has 0 bridgehead atoms. The SMILES string of the molecule is C=C1COC(=O)N1c1ccon1. The van der Waals surface area contributed by atoms with Crippen LogP contribution in [0.5, 0.6) is 0 Å². The van der Waals surface area contributed by atoms with Crippen LogP contribution in [0.25, 0.3) is 0 Å². The van der Waals surface area contributed by atoms with Crippen LogP contribution >= 0.6 is 0 Å².